The monoisotopic (exact) mass is 240 g/mol. The lowest BCUT2D eigenvalue weighted by atomic mass is 10.1. The molecule has 0 aliphatic heterocycles. The van der Waals surface area contributed by atoms with Gasteiger partial charge in [0.1, 0.15) is 18.5 Å². The van der Waals surface area contributed by atoms with Gasteiger partial charge in [0.15, 0.2) is 0 Å². The number of hydrogen-bond acceptors (Lipinski definition) is 7. The second kappa shape index (κ2) is 4.24. The summed E-state index contributed by atoms with van der Waals surface area (Å²) in [6, 6.07) is -0.805. The first-order valence-corrected chi connectivity index (χ1v) is 4.93. The van der Waals surface area contributed by atoms with Crippen LogP contribution in [0.5, 0.6) is 0 Å². The standard InChI is InChI=1S/C9H12N4O4/c10-8-11-3-13(9(17)12-8)5-1-4(2-14)6(15)7(5)16/h1,3,5-7,14-16H,2H2,(H2,10,12,17)/t5-,6-,7+/m1/s1. The second-order valence-electron chi connectivity index (χ2n) is 3.73. The summed E-state index contributed by atoms with van der Waals surface area (Å²) in [5.74, 6) is -0.161. The van der Waals surface area contributed by atoms with Crippen LogP contribution in [0.3, 0.4) is 0 Å². The summed E-state index contributed by atoms with van der Waals surface area (Å²) < 4.78 is 1.05. The second-order valence-corrected chi connectivity index (χ2v) is 3.73. The minimum absolute atomic E-state index is 0.161. The Morgan fingerprint density at radius 2 is 2.18 bits per heavy atom. The predicted octanol–water partition coefficient (Wildman–Crippen LogP) is -2.58. The van der Waals surface area contributed by atoms with E-state index < -0.39 is 23.9 Å². The molecule has 0 bridgehead atoms. The lowest BCUT2D eigenvalue weighted by molar-refractivity contribution is 0.0269. The van der Waals surface area contributed by atoms with E-state index in [9.17, 15) is 15.0 Å². The van der Waals surface area contributed by atoms with Crippen molar-refractivity contribution >= 4 is 5.95 Å². The maximum absolute atomic E-state index is 11.5. The third-order valence-corrected chi connectivity index (χ3v) is 2.69. The normalized spacial score (nSPS) is 28.2. The predicted molar refractivity (Wildman–Crippen MR) is 56.9 cm³/mol. The van der Waals surface area contributed by atoms with Gasteiger partial charge in [0.2, 0.25) is 5.95 Å². The molecule has 2 rings (SSSR count). The number of aliphatic hydroxyl groups excluding tert-OH is 3. The van der Waals surface area contributed by atoms with Gasteiger partial charge in [0.05, 0.1) is 12.6 Å². The van der Waals surface area contributed by atoms with Crippen LogP contribution in [0.4, 0.5) is 5.95 Å². The Morgan fingerprint density at radius 3 is 2.71 bits per heavy atom. The average Bonchev–Trinajstić information content (AvgIpc) is 2.57. The van der Waals surface area contributed by atoms with Crippen LogP contribution >= 0.6 is 0 Å². The Balaban J connectivity index is 2.41. The number of rotatable bonds is 2. The summed E-state index contributed by atoms with van der Waals surface area (Å²) in [6.07, 6.45) is 0.134. The summed E-state index contributed by atoms with van der Waals surface area (Å²) in [4.78, 5) is 18.6. The van der Waals surface area contributed by atoms with Gasteiger partial charge >= 0.3 is 5.69 Å². The molecule has 8 heteroatoms. The van der Waals surface area contributed by atoms with Crippen molar-refractivity contribution in [3.05, 3.63) is 28.5 Å². The first-order valence-electron chi connectivity index (χ1n) is 4.93. The molecule has 3 atom stereocenters. The third kappa shape index (κ3) is 1.93. The Labute approximate surface area is 95.7 Å². The molecule has 0 saturated carbocycles. The first kappa shape index (κ1) is 11.7. The summed E-state index contributed by atoms with van der Waals surface area (Å²) >= 11 is 0. The van der Waals surface area contributed by atoms with Crippen molar-refractivity contribution < 1.29 is 15.3 Å². The van der Waals surface area contributed by atoms with Crippen LogP contribution in [0.1, 0.15) is 6.04 Å². The number of aliphatic hydroxyl groups is 3. The van der Waals surface area contributed by atoms with Crippen molar-refractivity contribution in [2.75, 3.05) is 12.3 Å². The molecule has 1 aromatic rings. The van der Waals surface area contributed by atoms with E-state index in [1.54, 1.807) is 0 Å². The van der Waals surface area contributed by atoms with Gasteiger partial charge in [-0.2, -0.15) is 4.98 Å². The van der Waals surface area contributed by atoms with Gasteiger partial charge in [-0.05, 0) is 5.57 Å². The maximum atomic E-state index is 11.5. The molecule has 1 heterocycles. The lowest BCUT2D eigenvalue weighted by Gasteiger charge is -2.18. The maximum Gasteiger partial charge on any atom is 0.352 e. The molecule has 0 amide bonds. The minimum atomic E-state index is -1.22. The van der Waals surface area contributed by atoms with Gasteiger partial charge in [-0.1, -0.05) is 6.08 Å². The Hall–Kier alpha value is -1.77. The Bertz CT molecular complexity index is 512. The molecule has 1 aromatic heterocycles. The molecule has 8 nitrogen and oxygen atoms in total. The van der Waals surface area contributed by atoms with Gasteiger partial charge in [0.25, 0.3) is 0 Å². The van der Waals surface area contributed by atoms with Gasteiger partial charge in [0, 0.05) is 0 Å². The molecular formula is C9H12N4O4. The lowest BCUT2D eigenvalue weighted by Crippen LogP contribution is -2.36. The zero-order chi connectivity index (χ0) is 12.6. The van der Waals surface area contributed by atoms with Crippen molar-refractivity contribution in [1.82, 2.24) is 14.5 Å². The largest absolute Gasteiger partial charge is 0.392 e. The van der Waals surface area contributed by atoms with Crippen molar-refractivity contribution in [3.8, 4) is 0 Å². The zero-order valence-corrected chi connectivity index (χ0v) is 8.76. The molecular weight excluding hydrogens is 228 g/mol. The van der Waals surface area contributed by atoms with Crippen LogP contribution in [0, 0.1) is 0 Å². The number of nitrogens with two attached hydrogens (primary N) is 1. The minimum Gasteiger partial charge on any atom is -0.392 e. The molecule has 17 heavy (non-hydrogen) atoms. The number of nitrogen functional groups attached to an aromatic ring is 1. The van der Waals surface area contributed by atoms with Crippen LogP contribution in [0.2, 0.25) is 0 Å². The first-order chi connectivity index (χ1) is 8.04. The van der Waals surface area contributed by atoms with E-state index in [4.69, 9.17) is 10.8 Å². The van der Waals surface area contributed by atoms with Crippen molar-refractivity contribution in [1.29, 1.82) is 0 Å². The van der Waals surface area contributed by atoms with E-state index in [1.165, 1.54) is 6.08 Å². The van der Waals surface area contributed by atoms with E-state index >= 15 is 0 Å². The van der Waals surface area contributed by atoms with Crippen LogP contribution in [-0.4, -0.2) is 48.7 Å². The Morgan fingerprint density at radius 1 is 1.47 bits per heavy atom. The molecule has 0 unspecified atom stereocenters. The van der Waals surface area contributed by atoms with Crippen LogP contribution in [-0.2, 0) is 0 Å². The number of hydrogen-bond donors (Lipinski definition) is 4. The molecule has 5 N–H and O–H groups in total. The van der Waals surface area contributed by atoms with Crippen LogP contribution in [0.25, 0.3) is 0 Å². The van der Waals surface area contributed by atoms with Crippen molar-refractivity contribution in [3.63, 3.8) is 0 Å². The summed E-state index contributed by atoms with van der Waals surface area (Å²) in [7, 11) is 0. The summed E-state index contributed by atoms with van der Waals surface area (Å²) in [5.41, 5.74) is 4.82. The van der Waals surface area contributed by atoms with Crippen molar-refractivity contribution in [2.45, 2.75) is 18.2 Å². The number of anilines is 1. The third-order valence-electron chi connectivity index (χ3n) is 2.69. The molecule has 0 aromatic carbocycles. The molecule has 0 radical (unpaired) electrons. The van der Waals surface area contributed by atoms with E-state index in [1.807, 2.05) is 0 Å². The van der Waals surface area contributed by atoms with Crippen LogP contribution < -0.4 is 11.4 Å². The number of aromatic nitrogens is 3. The topological polar surface area (TPSA) is 134 Å². The molecule has 1 aliphatic carbocycles. The quantitative estimate of drug-likeness (QED) is 0.417. The zero-order valence-electron chi connectivity index (χ0n) is 8.76. The molecule has 92 valence electrons. The van der Waals surface area contributed by atoms with Crippen molar-refractivity contribution in [2.24, 2.45) is 0 Å². The fraction of sp³-hybridized carbons (Fsp3) is 0.444. The summed E-state index contributed by atoms with van der Waals surface area (Å²) in [6.45, 7) is -0.390. The van der Waals surface area contributed by atoms with E-state index in [0.717, 1.165) is 10.9 Å². The molecule has 0 saturated heterocycles. The van der Waals surface area contributed by atoms with Crippen LogP contribution in [0.15, 0.2) is 22.8 Å². The van der Waals surface area contributed by atoms with E-state index in [0.29, 0.717) is 0 Å². The van der Waals surface area contributed by atoms with Gasteiger partial charge < -0.3 is 21.1 Å². The average molecular weight is 240 g/mol. The Kier molecular flexibility index (Phi) is 2.92. The molecule has 0 fully saturated rings. The van der Waals surface area contributed by atoms with Gasteiger partial charge in [-0.25, -0.2) is 9.78 Å². The fourth-order valence-electron chi connectivity index (χ4n) is 1.77. The number of nitrogens with zero attached hydrogens (tertiary/aromatic N) is 3. The molecule has 0 spiro atoms. The van der Waals surface area contributed by atoms with E-state index in [2.05, 4.69) is 9.97 Å². The van der Waals surface area contributed by atoms with Gasteiger partial charge in [-0.3, -0.25) is 4.57 Å². The highest BCUT2D eigenvalue weighted by molar-refractivity contribution is 5.23. The smallest absolute Gasteiger partial charge is 0.352 e. The molecule has 1 aliphatic rings. The highest BCUT2D eigenvalue weighted by Gasteiger charge is 2.35. The fourth-order valence-corrected chi connectivity index (χ4v) is 1.77. The highest BCUT2D eigenvalue weighted by Crippen LogP contribution is 2.27. The highest BCUT2D eigenvalue weighted by atomic mass is 16.3. The SMILES string of the molecule is Nc1ncn([C@@H]2C=C(CO)[C@@H](O)[C@H]2O)c(=O)n1. The van der Waals surface area contributed by atoms with Gasteiger partial charge in [-0.15, -0.1) is 0 Å². The van der Waals surface area contributed by atoms with E-state index in [-0.39, 0.29) is 18.1 Å². The summed E-state index contributed by atoms with van der Waals surface area (Å²) in [5, 5.41) is 28.3.